The van der Waals surface area contributed by atoms with E-state index in [9.17, 15) is 0 Å². The van der Waals surface area contributed by atoms with Gasteiger partial charge in [-0.15, -0.1) is 0 Å². The van der Waals surface area contributed by atoms with Crippen LogP contribution >= 0.6 is 0 Å². The summed E-state index contributed by atoms with van der Waals surface area (Å²) in [5, 5.41) is 0. The Morgan fingerprint density at radius 3 is 2.09 bits per heavy atom. The molecule has 0 radical (unpaired) electrons. The lowest BCUT2D eigenvalue weighted by Gasteiger charge is -2.22. The summed E-state index contributed by atoms with van der Waals surface area (Å²) in [6.45, 7) is 4.00. The third kappa shape index (κ3) is 3.24. The summed E-state index contributed by atoms with van der Waals surface area (Å²) in [5.74, 6) is 6.11. The summed E-state index contributed by atoms with van der Waals surface area (Å²) in [5.41, 5.74) is 1.80. The molecule has 1 aliphatic rings. The van der Waals surface area contributed by atoms with Gasteiger partial charge in [-0.25, -0.2) is 0 Å². The highest BCUT2D eigenvalue weighted by atomic mass is 16.8. The molecule has 0 saturated carbocycles. The van der Waals surface area contributed by atoms with Crippen molar-refractivity contribution in [2.45, 2.75) is 31.8 Å². The van der Waals surface area contributed by atoms with Crippen LogP contribution in [0.4, 0.5) is 0 Å². The predicted octanol–water partition coefficient (Wildman–Crippen LogP) is 3.72. The van der Waals surface area contributed by atoms with Crippen LogP contribution in [0.1, 0.15) is 25.0 Å². The molecule has 3 heteroatoms. The molecule has 2 unspecified atom stereocenters. The maximum atomic E-state index is 6.11. The Kier molecular flexibility index (Phi) is 4.38. The minimum atomic E-state index is -1.04. The van der Waals surface area contributed by atoms with Gasteiger partial charge in [0.05, 0.1) is 19.3 Å². The monoisotopic (exact) mass is 308 g/mol. The lowest BCUT2D eigenvalue weighted by molar-refractivity contribution is -0.133. The Morgan fingerprint density at radius 1 is 0.913 bits per heavy atom. The maximum Gasteiger partial charge on any atom is 0.262 e. The molecule has 0 amide bonds. The highest BCUT2D eigenvalue weighted by molar-refractivity contribution is 5.40. The summed E-state index contributed by atoms with van der Waals surface area (Å²) < 4.78 is 17.4. The van der Waals surface area contributed by atoms with Crippen LogP contribution in [-0.2, 0) is 15.3 Å². The van der Waals surface area contributed by atoms with Crippen molar-refractivity contribution in [2.75, 3.05) is 7.11 Å². The first kappa shape index (κ1) is 15.6. The number of hydrogen-bond donors (Lipinski definition) is 0. The molecule has 0 N–H and O–H groups in total. The van der Waals surface area contributed by atoms with Crippen LogP contribution in [0.3, 0.4) is 0 Å². The van der Waals surface area contributed by atoms with Gasteiger partial charge in [0.1, 0.15) is 5.75 Å². The van der Waals surface area contributed by atoms with E-state index in [1.807, 2.05) is 68.4 Å². The number of methoxy groups -OCH3 is 1. The first-order valence-corrected chi connectivity index (χ1v) is 7.71. The largest absolute Gasteiger partial charge is 0.497 e. The van der Waals surface area contributed by atoms with Crippen LogP contribution in [0.15, 0.2) is 54.6 Å². The van der Waals surface area contributed by atoms with Crippen LogP contribution < -0.4 is 4.74 Å². The maximum absolute atomic E-state index is 6.11. The van der Waals surface area contributed by atoms with Crippen LogP contribution in [0, 0.1) is 11.8 Å². The summed E-state index contributed by atoms with van der Waals surface area (Å²) in [6, 6.07) is 17.5. The summed E-state index contributed by atoms with van der Waals surface area (Å²) in [4.78, 5) is 0. The van der Waals surface area contributed by atoms with Gasteiger partial charge in [-0.3, -0.25) is 0 Å². The lowest BCUT2D eigenvalue weighted by Crippen LogP contribution is -2.26. The molecular formula is C20H20O3. The van der Waals surface area contributed by atoms with Crippen molar-refractivity contribution in [3.05, 3.63) is 65.7 Å². The predicted molar refractivity (Wildman–Crippen MR) is 89.1 cm³/mol. The molecule has 1 heterocycles. The summed E-state index contributed by atoms with van der Waals surface area (Å²) in [7, 11) is 1.65. The fraction of sp³-hybridized carbons (Fsp3) is 0.300. The molecule has 2 aromatic rings. The third-order valence-electron chi connectivity index (χ3n) is 3.98. The molecule has 3 rings (SSSR count). The highest BCUT2D eigenvalue weighted by Gasteiger charge is 2.44. The summed E-state index contributed by atoms with van der Waals surface area (Å²) >= 11 is 0. The second-order valence-electron chi connectivity index (χ2n) is 5.61. The van der Waals surface area contributed by atoms with E-state index in [1.54, 1.807) is 7.11 Å². The van der Waals surface area contributed by atoms with Gasteiger partial charge in [-0.1, -0.05) is 24.1 Å². The van der Waals surface area contributed by atoms with Gasteiger partial charge in [0.2, 0.25) is 0 Å². The molecule has 0 spiro atoms. The molecule has 0 bridgehead atoms. The van der Waals surface area contributed by atoms with E-state index in [1.165, 1.54) is 0 Å². The third-order valence-corrected chi connectivity index (χ3v) is 3.98. The molecule has 3 nitrogen and oxygen atoms in total. The average molecular weight is 308 g/mol. The van der Waals surface area contributed by atoms with Crippen LogP contribution in [-0.4, -0.2) is 19.3 Å². The minimum absolute atomic E-state index is 0.0258. The van der Waals surface area contributed by atoms with Gasteiger partial charge in [0.15, 0.2) is 0 Å². The Hall–Kier alpha value is -2.28. The van der Waals surface area contributed by atoms with Crippen molar-refractivity contribution in [3.8, 4) is 17.6 Å². The van der Waals surface area contributed by atoms with E-state index in [0.29, 0.717) is 0 Å². The number of rotatable bonds is 2. The smallest absolute Gasteiger partial charge is 0.262 e. The van der Waals surface area contributed by atoms with Gasteiger partial charge in [-0.2, -0.15) is 0 Å². The van der Waals surface area contributed by atoms with Gasteiger partial charge in [0.25, 0.3) is 5.79 Å². The number of hydrogen-bond acceptors (Lipinski definition) is 3. The van der Waals surface area contributed by atoms with E-state index < -0.39 is 5.79 Å². The standard InChI is InChI=1S/C20H20O3/c1-15-16(2)23-20(22-15,14-13-17-7-5-4-6-8-17)18-9-11-19(21-3)12-10-18/h4-12,15-16H,1-3H3. The SMILES string of the molecule is COc1ccc(C2(C#Cc3ccccc3)OC(C)C(C)O2)cc1. The molecule has 1 aliphatic heterocycles. The molecular weight excluding hydrogens is 288 g/mol. The van der Waals surface area contributed by atoms with E-state index >= 15 is 0 Å². The number of ether oxygens (including phenoxy) is 3. The van der Waals surface area contributed by atoms with Crippen LogP contribution in [0.5, 0.6) is 5.75 Å². The molecule has 2 atom stereocenters. The zero-order chi connectivity index (χ0) is 16.3. The van der Waals surface area contributed by atoms with Crippen LogP contribution in [0.25, 0.3) is 0 Å². The average Bonchev–Trinajstić information content (AvgIpc) is 2.89. The van der Waals surface area contributed by atoms with Crippen molar-refractivity contribution < 1.29 is 14.2 Å². The normalized spacial score (nSPS) is 26.4. The number of benzene rings is 2. The van der Waals surface area contributed by atoms with Crippen molar-refractivity contribution >= 4 is 0 Å². The molecule has 1 saturated heterocycles. The van der Waals surface area contributed by atoms with E-state index in [4.69, 9.17) is 14.2 Å². The fourth-order valence-corrected chi connectivity index (χ4v) is 2.50. The first-order valence-electron chi connectivity index (χ1n) is 7.71. The Labute approximate surface area is 137 Å². The van der Waals surface area contributed by atoms with Crippen molar-refractivity contribution in [1.82, 2.24) is 0 Å². The summed E-state index contributed by atoms with van der Waals surface area (Å²) in [6.07, 6.45) is -0.0515. The van der Waals surface area contributed by atoms with E-state index in [2.05, 4.69) is 11.8 Å². The van der Waals surface area contributed by atoms with Crippen molar-refractivity contribution in [3.63, 3.8) is 0 Å². The van der Waals surface area contributed by atoms with Gasteiger partial charge in [0, 0.05) is 11.1 Å². The Bertz CT molecular complexity index is 700. The van der Waals surface area contributed by atoms with Gasteiger partial charge in [-0.05, 0) is 56.2 Å². The Morgan fingerprint density at radius 2 is 1.52 bits per heavy atom. The van der Waals surface area contributed by atoms with Crippen molar-refractivity contribution in [1.29, 1.82) is 0 Å². The van der Waals surface area contributed by atoms with Crippen molar-refractivity contribution in [2.24, 2.45) is 0 Å². The Balaban J connectivity index is 2.00. The molecule has 0 aromatic heterocycles. The highest BCUT2D eigenvalue weighted by Crippen LogP contribution is 2.37. The zero-order valence-corrected chi connectivity index (χ0v) is 13.6. The van der Waals surface area contributed by atoms with Crippen LogP contribution in [0.2, 0.25) is 0 Å². The first-order chi connectivity index (χ1) is 11.1. The molecule has 0 aliphatic carbocycles. The fourth-order valence-electron chi connectivity index (χ4n) is 2.50. The molecule has 23 heavy (non-hydrogen) atoms. The van der Waals surface area contributed by atoms with Gasteiger partial charge >= 0.3 is 0 Å². The van der Waals surface area contributed by atoms with Gasteiger partial charge < -0.3 is 14.2 Å². The molecule has 1 fully saturated rings. The second kappa shape index (κ2) is 6.45. The molecule has 118 valence electrons. The zero-order valence-electron chi connectivity index (χ0n) is 13.6. The quantitative estimate of drug-likeness (QED) is 0.791. The second-order valence-corrected chi connectivity index (χ2v) is 5.61. The topological polar surface area (TPSA) is 27.7 Å². The molecule has 2 aromatic carbocycles. The van der Waals surface area contributed by atoms with E-state index in [-0.39, 0.29) is 12.2 Å². The van der Waals surface area contributed by atoms with E-state index in [0.717, 1.165) is 16.9 Å². The minimum Gasteiger partial charge on any atom is -0.497 e. The lowest BCUT2D eigenvalue weighted by atomic mass is 10.1.